The Hall–Kier alpha value is -1.02. The van der Waals surface area contributed by atoms with Crippen molar-refractivity contribution in [1.29, 1.82) is 0 Å². The summed E-state index contributed by atoms with van der Waals surface area (Å²) in [4.78, 5) is 0. The lowest BCUT2D eigenvalue weighted by Gasteiger charge is -1.97. The molecule has 0 saturated heterocycles. The van der Waals surface area contributed by atoms with E-state index in [0.29, 0.717) is 5.17 Å². The Morgan fingerprint density at radius 3 is 2.25 bits per heavy atom. The third-order valence-corrected chi connectivity index (χ3v) is 0.954. The first-order chi connectivity index (χ1) is 5.70. The first-order valence-electron chi connectivity index (χ1n) is 3.45. The third kappa shape index (κ3) is 8.98. The number of hydrazone groups is 1. The zero-order valence-corrected chi connectivity index (χ0v) is 8.36. The minimum absolute atomic E-state index is 0.473. The summed E-state index contributed by atoms with van der Waals surface area (Å²) in [6.07, 6.45) is 3.53. The second-order valence-corrected chi connectivity index (χ2v) is 2.22. The van der Waals surface area contributed by atoms with Gasteiger partial charge in [-0.25, -0.2) is 0 Å². The van der Waals surface area contributed by atoms with Gasteiger partial charge in [0.1, 0.15) is 5.17 Å². The molecule has 0 radical (unpaired) electrons. The maximum atomic E-state index is 5.46. The van der Waals surface area contributed by atoms with Crippen LogP contribution in [0.2, 0.25) is 0 Å². The minimum atomic E-state index is 0.473. The molecule has 0 aromatic rings. The Kier molecular flexibility index (Phi) is 11.3. The van der Waals surface area contributed by atoms with Crippen molar-refractivity contribution in [2.75, 3.05) is 0 Å². The largest absolute Gasteiger partial charge is 0.278 e. The summed E-state index contributed by atoms with van der Waals surface area (Å²) in [6.45, 7) is 13.2. The standard InChI is InChI=1S/C7H11ClN2.C2H4/c1-4-7(5-2)10-9-6(3)8;1-2/h4-5,10H,1H2,2-3H3;1-2H2/b7-5+,9-6-;. The van der Waals surface area contributed by atoms with Crippen LogP contribution in [0.25, 0.3) is 0 Å². The molecule has 2 nitrogen and oxygen atoms in total. The van der Waals surface area contributed by atoms with Gasteiger partial charge in [0.25, 0.3) is 0 Å². The molecule has 0 atom stereocenters. The number of halogens is 1. The lowest BCUT2D eigenvalue weighted by molar-refractivity contribution is 0.918. The second-order valence-electron chi connectivity index (χ2n) is 1.67. The summed E-state index contributed by atoms with van der Waals surface area (Å²) >= 11 is 5.46. The molecule has 0 heterocycles. The van der Waals surface area contributed by atoms with Gasteiger partial charge in [-0.05, 0) is 19.9 Å². The van der Waals surface area contributed by atoms with Crippen LogP contribution in [0, 0.1) is 0 Å². The zero-order valence-electron chi connectivity index (χ0n) is 7.60. The quantitative estimate of drug-likeness (QED) is 0.312. The maximum Gasteiger partial charge on any atom is 0.123 e. The van der Waals surface area contributed by atoms with Crippen LogP contribution < -0.4 is 5.43 Å². The van der Waals surface area contributed by atoms with Crippen molar-refractivity contribution in [3.8, 4) is 0 Å². The van der Waals surface area contributed by atoms with E-state index in [-0.39, 0.29) is 0 Å². The number of nitrogens with one attached hydrogen (secondary N) is 1. The van der Waals surface area contributed by atoms with Crippen LogP contribution in [0.5, 0.6) is 0 Å². The van der Waals surface area contributed by atoms with Crippen molar-refractivity contribution in [2.24, 2.45) is 5.10 Å². The average Bonchev–Trinajstić information content (AvgIpc) is 2.09. The molecule has 0 amide bonds. The van der Waals surface area contributed by atoms with Crippen molar-refractivity contribution in [3.63, 3.8) is 0 Å². The highest BCUT2D eigenvalue weighted by Crippen LogP contribution is 1.89. The van der Waals surface area contributed by atoms with E-state index in [0.717, 1.165) is 5.70 Å². The monoisotopic (exact) mass is 186 g/mol. The minimum Gasteiger partial charge on any atom is -0.278 e. The fourth-order valence-electron chi connectivity index (χ4n) is 0.370. The van der Waals surface area contributed by atoms with Crippen molar-refractivity contribution in [3.05, 3.63) is 37.6 Å². The number of nitrogens with zero attached hydrogens (tertiary/aromatic N) is 1. The predicted octanol–water partition coefficient (Wildman–Crippen LogP) is 3.04. The average molecular weight is 187 g/mol. The molecule has 12 heavy (non-hydrogen) atoms. The highest BCUT2D eigenvalue weighted by Gasteiger charge is 1.83. The molecule has 0 aliphatic heterocycles. The molecule has 0 rings (SSSR count). The Balaban J connectivity index is 0. The van der Waals surface area contributed by atoms with Gasteiger partial charge >= 0.3 is 0 Å². The van der Waals surface area contributed by atoms with Gasteiger partial charge in [-0.1, -0.05) is 24.3 Å². The molecule has 0 aliphatic rings. The van der Waals surface area contributed by atoms with E-state index >= 15 is 0 Å². The third-order valence-electron chi connectivity index (χ3n) is 0.870. The molecule has 0 spiro atoms. The summed E-state index contributed by atoms with van der Waals surface area (Å²) in [5, 5.41) is 4.23. The Labute approximate surface area is 79.3 Å². The van der Waals surface area contributed by atoms with E-state index in [4.69, 9.17) is 11.6 Å². The van der Waals surface area contributed by atoms with Gasteiger partial charge in [0, 0.05) is 0 Å². The molecule has 0 aromatic heterocycles. The fraction of sp³-hybridized carbons (Fsp3) is 0.222. The molecule has 0 aliphatic carbocycles. The van der Waals surface area contributed by atoms with Crippen molar-refractivity contribution in [2.45, 2.75) is 13.8 Å². The van der Waals surface area contributed by atoms with E-state index in [9.17, 15) is 0 Å². The molecule has 0 unspecified atom stereocenters. The number of hydrogen-bond acceptors (Lipinski definition) is 2. The van der Waals surface area contributed by atoms with Gasteiger partial charge in [0.05, 0.1) is 5.70 Å². The number of rotatable bonds is 3. The van der Waals surface area contributed by atoms with E-state index in [2.05, 4.69) is 30.3 Å². The summed E-state index contributed by atoms with van der Waals surface area (Å²) in [5.74, 6) is 0. The van der Waals surface area contributed by atoms with E-state index in [1.807, 2.05) is 13.0 Å². The molecule has 0 aromatic carbocycles. The van der Waals surface area contributed by atoms with Crippen LogP contribution in [0.4, 0.5) is 0 Å². The van der Waals surface area contributed by atoms with Gasteiger partial charge in [-0.15, -0.1) is 13.2 Å². The van der Waals surface area contributed by atoms with Gasteiger partial charge in [-0.2, -0.15) is 5.10 Å². The first-order valence-corrected chi connectivity index (χ1v) is 3.83. The van der Waals surface area contributed by atoms with Gasteiger partial charge in [0.15, 0.2) is 0 Å². The lowest BCUT2D eigenvalue weighted by atomic mass is 10.4. The first kappa shape index (κ1) is 13.6. The van der Waals surface area contributed by atoms with Crippen LogP contribution in [0.3, 0.4) is 0 Å². The predicted molar refractivity (Wildman–Crippen MR) is 57.3 cm³/mol. The molecule has 0 saturated carbocycles. The van der Waals surface area contributed by atoms with Crippen molar-refractivity contribution in [1.82, 2.24) is 5.43 Å². The van der Waals surface area contributed by atoms with Gasteiger partial charge < -0.3 is 0 Å². The molecular formula is C9H15ClN2. The molecule has 0 fully saturated rings. The van der Waals surface area contributed by atoms with Gasteiger partial charge in [0.2, 0.25) is 0 Å². The maximum absolute atomic E-state index is 5.46. The Bertz CT molecular complexity index is 179. The van der Waals surface area contributed by atoms with E-state index in [1.54, 1.807) is 13.0 Å². The highest BCUT2D eigenvalue weighted by atomic mass is 35.5. The Morgan fingerprint density at radius 2 is 2.00 bits per heavy atom. The molecule has 3 heteroatoms. The van der Waals surface area contributed by atoms with Crippen LogP contribution in [0.1, 0.15) is 13.8 Å². The van der Waals surface area contributed by atoms with Gasteiger partial charge in [-0.3, -0.25) is 5.43 Å². The van der Waals surface area contributed by atoms with Crippen LogP contribution >= 0.6 is 11.6 Å². The molecular weight excluding hydrogens is 172 g/mol. The smallest absolute Gasteiger partial charge is 0.123 e. The second kappa shape index (κ2) is 9.98. The number of hydrogen-bond donors (Lipinski definition) is 1. The van der Waals surface area contributed by atoms with E-state index in [1.165, 1.54) is 0 Å². The summed E-state index contributed by atoms with van der Waals surface area (Å²) in [5.41, 5.74) is 3.56. The van der Waals surface area contributed by atoms with Crippen LogP contribution in [0.15, 0.2) is 42.7 Å². The summed E-state index contributed by atoms with van der Waals surface area (Å²) in [7, 11) is 0. The van der Waals surface area contributed by atoms with Crippen LogP contribution in [-0.2, 0) is 0 Å². The SMILES string of the molecule is C=C.C=C/C(=C\C)N/N=C(/C)Cl. The summed E-state index contributed by atoms with van der Waals surface area (Å²) in [6, 6.07) is 0. The zero-order chi connectivity index (χ0) is 9.98. The lowest BCUT2D eigenvalue weighted by Crippen LogP contribution is -2.03. The van der Waals surface area contributed by atoms with Crippen LogP contribution in [-0.4, -0.2) is 5.17 Å². The van der Waals surface area contributed by atoms with Crippen molar-refractivity contribution >= 4 is 16.8 Å². The van der Waals surface area contributed by atoms with Crippen molar-refractivity contribution < 1.29 is 0 Å². The van der Waals surface area contributed by atoms with E-state index < -0.39 is 0 Å². The topological polar surface area (TPSA) is 24.4 Å². The number of allylic oxidation sites excluding steroid dienone is 2. The highest BCUT2D eigenvalue weighted by molar-refractivity contribution is 6.64. The molecule has 1 N–H and O–H groups in total. The fourth-order valence-corrected chi connectivity index (χ4v) is 0.412. The molecule has 0 bridgehead atoms. The Morgan fingerprint density at radius 1 is 1.50 bits per heavy atom. The normalized spacial score (nSPS) is 11.2. The molecule has 68 valence electrons. The summed E-state index contributed by atoms with van der Waals surface area (Å²) < 4.78 is 0.